The number of aliphatic carboxylic acids is 1. The summed E-state index contributed by atoms with van der Waals surface area (Å²) < 4.78 is 4.86. The van der Waals surface area contributed by atoms with Crippen LogP contribution in [-0.4, -0.2) is 85.4 Å². The predicted octanol–water partition coefficient (Wildman–Crippen LogP) is -3.87. The average molecular weight is 309 g/mol. The third-order valence-electron chi connectivity index (χ3n) is 3.21. The highest BCUT2D eigenvalue weighted by atomic mass is 16.7. The molecule has 0 radical (unpaired) electrons. The minimum absolute atomic E-state index is 0.598. The molecule has 7 N–H and O–H groups in total. The Hall–Kier alpha value is -1.30. The van der Waals surface area contributed by atoms with Crippen LogP contribution in [0.3, 0.4) is 0 Å². The van der Waals surface area contributed by atoms with Crippen LogP contribution in [0, 0.1) is 0 Å². The molecule has 1 aliphatic rings. The molecule has 0 aliphatic carbocycles. The van der Waals surface area contributed by atoms with Gasteiger partial charge in [-0.05, 0) is 0 Å². The third kappa shape index (κ3) is 3.87. The van der Waals surface area contributed by atoms with Gasteiger partial charge in [-0.1, -0.05) is 0 Å². The molecule has 0 aromatic heterocycles. The monoisotopic (exact) mass is 309 g/mol. The Morgan fingerprint density at radius 1 is 1.43 bits per heavy atom. The molecule has 1 rings (SSSR count). The average Bonchev–Trinajstić information content (AvgIpc) is 2.39. The number of carboxylic acid groups (broad SMARTS) is 1. The van der Waals surface area contributed by atoms with E-state index in [0.29, 0.717) is 0 Å². The molecule has 1 aliphatic heterocycles. The van der Waals surface area contributed by atoms with Crippen molar-refractivity contribution in [1.82, 2.24) is 5.32 Å². The van der Waals surface area contributed by atoms with Crippen molar-refractivity contribution in [3.8, 4) is 0 Å². The van der Waals surface area contributed by atoms with E-state index in [-0.39, 0.29) is 0 Å². The lowest BCUT2D eigenvalue weighted by Crippen LogP contribution is -2.67. The van der Waals surface area contributed by atoms with Gasteiger partial charge in [-0.2, -0.15) is 0 Å². The van der Waals surface area contributed by atoms with E-state index in [1.54, 1.807) is 0 Å². The summed E-state index contributed by atoms with van der Waals surface area (Å²) in [5.74, 6) is -5.17. The third-order valence-corrected chi connectivity index (χ3v) is 3.21. The Labute approximate surface area is 119 Å². The van der Waals surface area contributed by atoms with Gasteiger partial charge in [0.1, 0.15) is 18.3 Å². The van der Waals surface area contributed by atoms with Gasteiger partial charge in [-0.25, -0.2) is 4.79 Å². The number of hydrogen-bond acceptors (Lipinski definition) is 8. The summed E-state index contributed by atoms with van der Waals surface area (Å²) in [4.78, 5) is 22.1. The van der Waals surface area contributed by atoms with E-state index in [1.807, 2.05) is 0 Å². The van der Waals surface area contributed by atoms with Crippen molar-refractivity contribution in [2.45, 2.75) is 49.6 Å². The number of carboxylic acids is 1. The van der Waals surface area contributed by atoms with Gasteiger partial charge >= 0.3 is 5.97 Å². The molecule has 122 valence electrons. The van der Waals surface area contributed by atoms with E-state index in [9.17, 15) is 30.0 Å². The number of carbonyl (C=O) groups is 2. The summed E-state index contributed by atoms with van der Waals surface area (Å²) in [5.41, 5.74) is 0. The van der Waals surface area contributed by atoms with Crippen molar-refractivity contribution < 1.29 is 45.0 Å². The van der Waals surface area contributed by atoms with Gasteiger partial charge in [0, 0.05) is 13.3 Å². The van der Waals surface area contributed by atoms with Gasteiger partial charge < -0.3 is 40.7 Å². The Bertz CT molecular complexity index is 403. The van der Waals surface area contributed by atoms with Crippen LogP contribution in [0.5, 0.6) is 0 Å². The number of amides is 1. The molecule has 1 amide bonds. The van der Waals surface area contributed by atoms with Crippen LogP contribution >= 0.6 is 0 Å². The van der Waals surface area contributed by atoms with Crippen LogP contribution in [0.25, 0.3) is 0 Å². The zero-order valence-electron chi connectivity index (χ0n) is 11.2. The van der Waals surface area contributed by atoms with Crippen LogP contribution in [0.15, 0.2) is 0 Å². The molecular formula is C11H19NO9. The molecule has 0 saturated carbocycles. The summed E-state index contributed by atoms with van der Waals surface area (Å²) in [5, 5.41) is 59.0. The first-order valence-corrected chi connectivity index (χ1v) is 6.18. The molecule has 0 aromatic carbocycles. The summed E-state index contributed by atoms with van der Waals surface area (Å²) in [6.07, 6.45) is -7.48. The number of carbonyl (C=O) groups excluding carboxylic acids is 1. The molecule has 0 spiro atoms. The molecule has 10 heteroatoms. The lowest BCUT2D eigenvalue weighted by molar-refractivity contribution is -0.295. The highest BCUT2D eigenvalue weighted by Crippen LogP contribution is 2.30. The topological polar surface area (TPSA) is 177 Å². The Balaban J connectivity index is 3.07. The molecule has 0 aromatic rings. The SMILES string of the molecule is CC(=O)N[C@@H]1[C@H]([C@@H](O)[C@@H](O)CO)O[C@](O)(C(=O)O)C[C@H]1O. The van der Waals surface area contributed by atoms with E-state index in [0.717, 1.165) is 6.92 Å². The number of aliphatic hydroxyl groups is 5. The molecule has 0 unspecified atom stereocenters. The number of ether oxygens (including phenoxy) is 1. The lowest BCUT2D eigenvalue weighted by Gasteiger charge is -2.44. The largest absolute Gasteiger partial charge is 0.477 e. The summed E-state index contributed by atoms with van der Waals surface area (Å²) in [6.45, 7) is 0.256. The predicted molar refractivity (Wildman–Crippen MR) is 64.8 cm³/mol. The standard InChI is InChI=1S/C11H19NO9/c1-4(14)12-7-5(15)2-11(20,10(18)19)21-9(7)8(17)6(16)3-13/h5-9,13,15-17,20H,2-3H2,1H3,(H,12,14)(H,18,19)/t5-,6+,7+,8+,9-,11+/m1/s1. The molecule has 6 atom stereocenters. The van der Waals surface area contributed by atoms with Crippen LogP contribution in [0.1, 0.15) is 13.3 Å². The van der Waals surface area contributed by atoms with E-state index >= 15 is 0 Å². The van der Waals surface area contributed by atoms with Gasteiger partial charge in [0.05, 0.1) is 18.8 Å². The first-order chi connectivity index (χ1) is 9.62. The zero-order valence-corrected chi connectivity index (χ0v) is 11.2. The summed E-state index contributed by atoms with van der Waals surface area (Å²) in [6, 6.07) is -1.27. The molecule has 21 heavy (non-hydrogen) atoms. The normalized spacial score (nSPS) is 35.8. The second kappa shape index (κ2) is 6.64. The molecule has 10 nitrogen and oxygen atoms in total. The fraction of sp³-hybridized carbons (Fsp3) is 0.818. The van der Waals surface area contributed by atoms with Crippen molar-refractivity contribution in [3.63, 3.8) is 0 Å². The van der Waals surface area contributed by atoms with Crippen molar-refractivity contribution >= 4 is 11.9 Å². The van der Waals surface area contributed by atoms with Gasteiger partial charge in [0.25, 0.3) is 5.79 Å². The van der Waals surface area contributed by atoms with Crippen LogP contribution < -0.4 is 5.32 Å². The summed E-state index contributed by atoms with van der Waals surface area (Å²) in [7, 11) is 0. The highest BCUT2D eigenvalue weighted by Gasteiger charge is 2.53. The van der Waals surface area contributed by atoms with Crippen molar-refractivity contribution in [2.24, 2.45) is 0 Å². The smallest absolute Gasteiger partial charge is 0.364 e. The molecule has 0 bridgehead atoms. The minimum atomic E-state index is -2.78. The highest BCUT2D eigenvalue weighted by molar-refractivity contribution is 5.76. The molecule has 1 heterocycles. The second-order valence-electron chi connectivity index (χ2n) is 4.91. The van der Waals surface area contributed by atoms with Gasteiger partial charge in [0.2, 0.25) is 5.91 Å². The fourth-order valence-electron chi connectivity index (χ4n) is 2.14. The van der Waals surface area contributed by atoms with Crippen molar-refractivity contribution in [3.05, 3.63) is 0 Å². The number of nitrogens with one attached hydrogen (secondary N) is 1. The molecular weight excluding hydrogens is 290 g/mol. The quantitative estimate of drug-likeness (QED) is 0.268. The van der Waals surface area contributed by atoms with E-state index in [1.165, 1.54) is 0 Å². The Morgan fingerprint density at radius 2 is 2.00 bits per heavy atom. The maximum Gasteiger partial charge on any atom is 0.364 e. The maximum atomic E-state index is 11.1. The number of aliphatic hydroxyl groups excluding tert-OH is 4. The minimum Gasteiger partial charge on any atom is -0.477 e. The summed E-state index contributed by atoms with van der Waals surface area (Å²) >= 11 is 0. The Kier molecular flexibility index (Phi) is 5.61. The number of rotatable bonds is 5. The second-order valence-corrected chi connectivity index (χ2v) is 4.91. The Morgan fingerprint density at radius 3 is 2.43 bits per heavy atom. The fourth-order valence-corrected chi connectivity index (χ4v) is 2.14. The van der Waals surface area contributed by atoms with Crippen molar-refractivity contribution in [1.29, 1.82) is 0 Å². The van der Waals surface area contributed by atoms with Crippen LogP contribution in [0.4, 0.5) is 0 Å². The molecule has 1 fully saturated rings. The zero-order chi connectivity index (χ0) is 16.4. The number of hydrogen-bond donors (Lipinski definition) is 7. The maximum absolute atomic E-state index is 11.1. The van der Waals surface area contributed by atoms with Gasteiger partial charge in [-0.15, -0.1) is 0 Å². The van der Waals surface area contributed by atoms with Gasteiger partial charge in [0.15, 0.2) is 0 Å². The molecule has 1 saturated heterocycles. The van der Waals surface area contributed by atoms with Gasteiger partial charge in [-0.3, -0.25) is 4.79 Å². The lowest BCUT2D eigenvalue weighted by atomic mass is 9.88. The first kappa shape index (κ1) is 17.8. The van der Waals surface area contributed by atoms with E-state index in [2.05, 4.69) is 5.32 Å². The van der Waals surface area contributed by atoms with E-state index in [4.69, 9.17) is 14.9 Å². The van der Waals surface area contributed by atoms with Crippen LogP contribution in [-0.2, 0) is 14.3 Å². The van der Waals surface area contributed by atoms with E-state index < -0.39 is 61.1 Å². The van der Waals surface area contributed by atoms with Crippen molar-refractivity contribution in [2.75, 3.05) is 6.61 Å². The van der Waals surface area contributed by atoms with Crippen LogP contribution in [0.2, 0.25) is 0 Å². The first-order valence-electron chi connectivity index (χ1n) is 6.18.